The molecular weight excluding hydrogens is 340 g/mol. The molecule has 0 saturated heterocycles. The van der Waals surface area contributed by atoms with Gasteiger partial charge in [0.05, 0.1) is 12.2 Å². The van der Waals surface area contributed by atoms with Gasteiger partial charge in [0.1, 0.15) is 5.75 Å². The summed E-state index contributed by atoms with van der Waals surface area (Å²) in [4.78, 5) is 24.8. The van der Waals surface area contributed by atoms with Crippen LogP contribution in [-0.4, -0.2) is 25.0 Å². The van der Waals surface area contributed by atoms with E-state index in [0.717, 1.165) is 12.8 Å². The van der Waals surface area contributed by atoms with Gasteiger partial charge in [-0.1, -0.05) is 39.0 Å². The minimum absolute atomic E-state index is 0.148. The van der Waals surface area contributed by atoms with Crippen molar-refractivity contribution in [3.8, 4) is 5.75 Å². The highest BCUT2D eigenvalue weighted by Crippen LogP contribution is 2.21. The number of benzene rings is 2. The van der Waals surface area contributed by atoms with Gasteiger partial charge < -0.3 is 15.4 Å². The van der Waals surface area contributed by atoms with E-state index in [9.17, 15) is 9.59 Å². The molecule has 0 aliphatic carbocycles. The number of ether oxygens (including phenoxy) is 1. The molecular formula is C22H28N2O3. The third-order valence-corrected chi connectivity index (χ3v) is 4.00. The van der Waals surface area contributed by atoms with E-state index in [0.29, 0.717) is 41.6 Å². The summed E-state index contributed by atoms with van der Waals surface area (Å²) in [5.74, 6) is 0.687. The number of carbonyl (C=O) groups excluding carboxylic acids is 2. The predicted octanol–water partition coefficient (Wildman–Crippen LogP) is 4.50. The Kier molecular flexibility index (Phi) is 7.86. The molecule has 2 rings (SSSR count). The van der Waals surface area contributed by atoms with Gasteiger partial charge >= 0.3 is 0 Å². The van der Waals surface area contributed by atoms with Crippen LogP contribution in [0.15, 0.2) is 48.5 Å². The number of carbonyl (C=O) groups is 2. The first-order valence-corrected chi connectivity index (χ1v) is 9.42. The molecule has 0 heterocycles. The number of amides is 2. The smallest absolute Gasteiger partial charge is 0.259 e. The van der Waals surface area contributed by atoms with Crippen LogP contribution in [0, 0.1) is 5.92 Å². The van der Waals surface area contributed by atoms with Crippen LogP contribution in [0.5, 0.6) is 5.75 Å². The molecule has 0 atom stereocenters. The molecule has 2 amide bonds. The van der Waals surface area contributed by atoms with E-state index in [4.69, 9.17) is 4.74 Å². The Morgan fingerprint density at radius 2 is 1.81 bits per heavy atom. The minimum atomic E-state index is -0.263. The van der Waals surface area contributed by atoms with Gasteiger partial charge in [-0.05, 0) is 49.1 Å². The summed E-state index contributed by atoms with van der Waals surface area (Å²) in [5, 5.41) is 5.68. The lowest BCUT2D eigenvalue weighted by Crippen LogP contribution is -2.24. The van der Waals surface area contributed by atoms with Gasteiger partial charge in [-0.2, -0.15) is 0 Å². The van der Waals surface area contributed by atoms with Crippen molar-refractivity contribution in [2.24, 2.45) is 5.92 Å². The van der Waals surface area contributed by atoms with E-state index >= 15 is 0 Å². The lowest BCUT2D eigenvalue weighted by atomic mass is 10.1. The molecule has 5 nitrogen and oxygen atoms in total. The van der Waals surface area contributed by atoms with Crippen LogP contribution in [0.2, 0.25) is 0 Å². The molecule has 0 aromatic heterocycles. The quantitative estimate of drug-likeness (QED) is 0.685. The lowest BCUT2D eigenvalue weighted by Gasteiger charge is -2.13. The zero-order valence-corrected chi connectivity index (χ0v) is 16.2. The monoisotopic (exact) mass is 368 g/mol. The van der Waals surface area contributed by atoms with Crippen molar-refractivity contribution in [2.75, 3.05) is 18.5 Å². The first-order chi connectivity index (χ1) is 13.0. The number of rotatable bonds is 9. The van der Waals surface area contributed by atoms with Crippen LogP contribution < -0.4 is 15.4 Å². The number of hydrogen-bond acceptors (Lipinski definition) is 3. The van der Waals surface area contributed by atoms with E-state index in [1.165, 1.54) is 0 Å². The second-order valence-electron chi connectivity index (χ2n) is 6.82. The average molecular weight is 368 g/mol. The highest BCUT2D eigenvalue weighted by molar-refractivity contribution is 6.06. The first-order valence-electron chi connectivity index (χ1n) is 9.42. The summed E-state index contributed by atoms with van der Waals surface area (Å²) in [5.41, 5.74) is 1.56. The van der Waals surface area contributed by atoms with Crippen molar-refractivity contribution in [1.82, 2.24) is 5.32 Å². The summed E-state index contributed by atoms with van der Waals surface area (Å²) in [6.07, 6.45) is 1.79. The Labute approximate surface area is 161 Å². The highest BCUT2D eigenvalue weighted by Gasteiger charge is 2.13. The van der Waals surface area contributed by atoms with Crippen LogP contribution in [0.1, 0.15) is 54.3 Å². The fraction of sp³-hybridized carbons (Fsp3) is 0.364. The van der Waals surface area contributed by atoms with Gasteiger partial charge in [-0.25, -0.2) is 0 Å². The van der Waals surface area contributed by atoms with Gasteiger partial charge in [0.2, 0.25) is 0 Å². The van der Waals surface area contributed by atoms with Gasteiger partial charge in [0.15, 0.2) is 0 Å². The second-order valence-corrected chi connectivity index (χ2v) is 6.82. The van der Waals surface area contributed by atoms with E-state index in [-0.39, 0.29) is 11.8 Å². The van der Waals surface area contributed by atoms with E-state index < -0.39 is 0 Å². The topological polar surface area (TPSA) is 67.4 Å². The first kappa shape index (κ1) is 20.5. The Bertz CT molecular complexity index is 772. The maximum absolute atomic E-state index is 12.7. The van der Waals surface area contributed by atoms with Crippen LogP contribution in [0.3, 0.4) is 0 Å². The van der Waals surface area contributed by atoms with Crippen molar-refractivity contribution >= 4 is 17.5 Å². The predicted molar refractivity (Wildman–Crippen MR) is 108 cm³/mol. The van der Waals surface area contributed by atoms with Crippen molar-refractivity contribution in [1.29, 1.82) is 0 Å². The van der Waals surface area contributed by atoms with Crippen molar-refractivity contribution in [3.05, 3.63) is 59.7 Å². The van der Waals surface area contributed by atoms with E-state index in [1.807, 2.05) is 13.0 Å². The molecule has 0 fully saturated rings. The Balaban J connectivity index is 2.08. The van der Waals surface area contributed by atoms with Crippen molar-refractivity contribution in [3.63, 3.8) is 0 Å². The van der Waals surface area contributed by atoms with Gasteiger partial charge in [-0.3, -0.25) is 9.59 Å². The number of nitrogens with one attached hydrogen (secondary N) is 2. The maximum Gasteiger partial charge on any atom is 0.259 e. The van der Waals surface area contributed by atoms with Crippen LogP contribution >= 0.6 is 0 Å². The summed E-state index contributed by atoms with van der Waals surface area (Å²) < 4.78 is 5.79. The summed E-state index contributed by atoms with van der Waals surface area (Å²) in [6, 6.07) is 14.1. The molecule has 27 heavy (non-hydrogen) atoms. The Morgan fingerprint density at radius 3 is 2.56 bits per heavy atom. The van der Waals surface area contributed by atoms with Gasteiger partial charge in [-0.15, -0.1) is 0 Å². The molecule has 0 unspecified atom stereocenters. The zero-order valence-electron chi connectivity index (χ0n) is 16.2. The van der Waals surface area contributed by atoms with Crippen LogP contribution in [0.25, 0.3) is 0 Å². The Morgan fingerprint density at radius 1 is 1.04 bits per heavy atom. The number of anilines is 1. The standard InChI is InChI=1S/C22H28N2O3/c1-4-13-23-21(25)17-8-7-9-18(15-17)24-22(26)19-10-5-6-11-20(19)27-14-12-16(2)3/h5-11,15-16H,4,12-14H2,1-3H3,(H,23,25)(H,24,26). The number of para-hydroxylation sites is 1. The second kappa shape index (κ2) is 10.4. The summed E-state index contributed by atoms with van der Waals surface area (Å²) in [7, 11) is 0. The lowest BCUT2D eigenvalue weighted by molar-refractivity contribution is 0.0952. The van der Waals surface area contributed by atoms with Crippen molar-refractivity contribution < 1.29 is 14.3 Å². The van der Waals surface area contributed by atoms with Crippen LogP contribution in [-0.2, 0) is 0 Å². The SMILES string of the molecule is CCCNC(=O)c1cccc(NC(=O)c2ccccc2OCCC(C)C)c1. The third-order valence-electron chi connectivity index (χ3n) is 4.00. The molecule has 0 aliphatic heterocycles. The Hall–Kier alpha value is -2.82. The molecule has 2 aromatic rings. The molecule has 0 spiro atoms. The highest BCUT2D eigenvalue weighted by atomic mass is 16.5. The van der Waals surface area contributed by atoms with Gasteiger partial charge in [0, 0.05) is 17.8 Å². The molecule has 144 valence electrons. The zero-order chi connectivity index (χ0) is 19.6. The molecule has 0 saturated carbocycles. The molecule has 2 aromatic carbocycles. The maximum atomic E-state index is 12.7. The molecule has 5 heteroatoms. The molecule has 2 N–H and O–H groups in total. The largest absolute Gasteiger partial charge is 0.493 e. The molecule has 0 bridgehead atoms. The normalized spacial score (nSPS) is 10.5. The minimum Gasteiger partial charge on any atom is -0.493 e. The van der Waals surface area contributed by atoms with Gasteiger partial charge in [0.25, 0.3) is 11.8 Å². The molecule has 0 radical (unpaired) electrons. The van der Waals surface area contributed by atoms with Crippen molar-refractivity contribution in [2.45, 2.75) is 33.6 Å². The number of hydrogen-bond donors (Lipinski definition) is 2. The van der Waals surface area contributed by atoms with Crippen LogP contribution in [0.4, 0.5) is 5.69 Å². The average Bonchev–Trinajstić information content (AvgIpc) is 2.66. The molecule has 0 aliphatic rings. The summed E-state index contributed by atoms with van der Waals surface area (Å²) in [6.45, 7) is 7.44. The fourth-order valence-corrected chi connectivity index (χ4v) is 2.46. The van der Waals surface area contributed by atoms with E-state index in [1.54, 1.807) is 42.5 Å². The van der Waals surface area contributed by atoms with E-state index in [2.05, 4.69) is 24.5 Å². The summed E-state index contributed by atoms with van der Waals surface area (Å²) >= 11 is 0. The fourth-order valence-electron chi connectivity index (χ4n) is 2.46. The third kappa shape index (κ3) is 6.44.